The number of aryl methyl sites for hydroxylation is 1. The number of hydrogen-bond acceptors (Lipinski definition) is 3. The lowest BCUT2D eigenvalue weighted by Crippen LogP contribution is -2.45. The third kappa shape index (κ3) is 3.50. The summed E-state index contributed by atoms with van der Waals surface area (Å²) in [6.45, 7) is 6.47. The highest BCUT2D eigenvalue weighted by atomic mass is 16.2. The Morgan fingerprint density at radius 3 is 2.66 bits per heavy atom. The highest BCUT2D eigenvalue weighted by molar-refractivity contribution is 5.95. The lowest BCUT2D eigenvalue weighted by molar-refractivity contribution is 0.0709. The Hall–Kier alpha value is -3.38. The molecule has 5 rings (SSSR count). The minimum absolute atomic E-state index is 0.0353. The number of pyridine rings is 1. The Kier molecular flexibility index (Phi) is 5.31. The van der Waals surface area contributed by atoms with Gasteiger partial charge in [-0.1, -0.05) is 30.3 Å². The fourth-order valence-corrected chi connectivity index (χ4v) is 4.80. The van der Waals surface area contributed by atoms with Crippen molar-refractivity contribution in [3.63, 3.8) is 0 Å². The second-order valence-corrected chi connectivity index (χ2v) is 8.56. The van der Waals surface area contributed by atoms with Gasteiger partial charge in [-0.15, -0.1) is 0 Å². The molecule has 0 aliphatic carbocycles. The lowest BCUT2D eigenvalue weighted by atomic mass is 10.1. The second-order valence-electron chi connectivity index (χ2n) is 8.56. The van der Waals surface area contributed by atoms with Gasteiger partial charge in [-0.05, 0) is 56.5 Å². The lowest BCUT2D eigenvalue weighted by Gasteiger charge is -2.30. The van der Waals surface area contributed by atoms with Gasteiger partial charge in [0.05, 0.1) is 5.69 Å². The molecule has 6 nitrogen and oxygen atoms in total. The van der Waals surface area contributed by atoms with Crippen molar-refractivity contribution in [3.05, 3.63) is 72.1 Å². The monoisotopic (exact) mass is 427 g/mol. The molecule has 4 aromatic rings. The fraction of sp³-hybridized carbons (Fsp3) is 0.308. The summed E-state index contributed by atoms with van der Waals surface area (Å²) in [5, 5.41) is 0. The van der Waals surface area contributed by atoms with E-state index >= 15 is 0 Å². The average molecular weight is 428 g/mol. The van der Waals surface area contributed by atoms with Gasteiger partial charge in [0.15, 0.2) is 0 Å². The average Bonchev–Trinajstić information content (AvgIpc) is 3.39. The predicted molar refractivity (Wildman–Crippen MR) is 128 cm³/mol. The number of hydrogen-bond donors (Lipinski definition) is 1. The van der Waals surface area contributed by atoms with Crippen LogP contribution in [0.25, 0.3) is 28.3 Å². The van der Waals surface area contributed by atoms with Crippen molar-refractivity contribution in [1.29, 1.82) is 0 Å². The van der Waals surface area contributed by atoms with E-state index in [1.165, 1.54) is 11.3 Å². The van der Waals surface area contributed by atoms with E-state index in [4.69, 9.17) is 10.7 Å². The Balaban J connectivity index is 1.53. The van der Waals surface area contributed by atoms with Gasteiger partial charge >= 0.3 is 0 Å². The van der Waals surface area contributed by atoms with E-state index < -0.39 is 0 Å². The zero-order valence-corrected chi connectivity index (χ0v) is 18.7. The summed E-state index contributed by atoms with van der Waals surface area (Å²) in [5.41, 5.74) is 13.0. The standard InChI is InChI=1S/C26H29N5O/c1-3-30-22(19-8-5-4-6-9-19)11-12-23(30)25-18(2)31-15-13-20(16-24(31)28-25)26(32)29-14-7-10-21(27)17-29/h4-6,8-9,11-13,15-16,21H,3,7,10,14,17,27H2,1-2H3/t21-/m1/s1. The second kappa shape index (κ2) is 8.28. The first-order valence-electron chi connectivity index (χ1n) is 11.4. The number of carbonyl (C=O) groups is 1. The van der Waals surface area contributed by atoms with Crippen molar-refractivity contribution >= 4 is 11.6 Å². The van der Waals surface area contributed by atoms with E-state index in [2.05, 4.69) is 59.2 Å². The molecular formula is C26H29N5O. The molecule has 32 heavy (non-hydrogen) atoms. The van der Waals surface area contributed by atoms with Gasteiger partial charge in [0, 0.05) is 48.8 Å². The minimum Gasteiger partial charge on any atom is -0.339 e. The number of rotatable bonds is 4. The predicted octanol–water partition coefficient (Wildman–Crippen LogP) is 4.36. The Labute approximate surface area is 188 Å². The molecule has 3 aromatic heterocycles. The number of imidazole rings is 1. The van der Waals surface area contributed by atoms with E-state index in [1.807, 2.05) is 29.3 Å². The zero-order chi connectivity index (χ0) is 22.2. The van der Waals surface area contributed by atoms with Gasteiger partial charge in [-0.25, -0.2) is 4.98 Å². The van der Waals surface area contributed by atoms with E-state index in [0.29, 0.717) is 12.1 Å². The van der Waals surface area contributed by atoms with Gasteiger partial charge in [0.25, 0.3) is 5.91 Å². The van der Waals surface area contributed by atoms with Crippen LogP contribution in [-0.4, -0.2) is 43.9 Å². The molecule has 164 valence electrons. The number of nitrogens with two attached hydrogens (primary N) is 1. The smallest absolute Gasteiger partial charge is 0.254 e. The topological polar surface area (TPSA) is 68.6 Å². The number of benzene rings is 1. The van der Waals surface area contributed by atoms with E-state index in [1.54, 1.807) is 0 Å². The summed E-state index contributed by atoms with van der Waals surface area (Å²) < 4.78 is 4.36. The van der Waals surface area contributed by atoms with E-state index in [-0.39, 0.29) is 11.9 Å². The van der Waals surface area contributed by atoms with Crippen LogP contribution in [-0.2, 0) is 6.54 Å². The molecule has 1 fully saturated rings. The number of carbonyl (C=O) groups excluding carboxylic acids is 1. The van der Waals surface area contributed by atoms with Gasteiger partial charge in [-0.2, -0.15) is 0 Å². The van der Waals surface area contributed by atoms with E-state index in [9.17, 15) is 4.79 Å². The summed E-state index contributed by atoms with van der Waals surface area (Å²) in [7, 11) is 0. The van der Waals surface area contributed by atoms with Crippen LogP contribution in [0.1, 0.15) is 35.8 Å². The van der Waals surface area contributed by atoms with Gasteiger partial charge in [-0.3, -0.25) is 4.79 Å². The maximum atomic E-state index is 13.0. The molecule has 0 bridgehead atoms. The molecule has 1 aromatic carbocycles. The first-order valence-corrected chi connectivity index (χ1v) is 11.4. The molecule has 0 spiro atoms. The Morgan fingerprint density at radius 2 is 1.91 bits per heavy atom. The van der Waals surface area contributed by atoms with Crippen LogP contribution in [0.2, 0.25) is 0 Å². The molecular weight excluding hydrogens is 398 g/mol. The quantitative estimate of drug-likeness (QED) is 0.526. The normalized spacial score (nSPS) is 16.6. The number of likely N-dealkylation sites (tertiary alicyclic amines) is 1. The number of fused-ring (bicyclic) bond motifs is 1. The third-order valence-corrected chi connectivity index (χ3v) is 6.47. The van der Waals surface area contributed by atoms with Crippen LogP contribution in [0.5, 0.6) is 0 Å². The van der Waals surface area contributed by atoms with Gasteiger partial charge < -0.3 is 19.6 Å². The Bertz CT molecular complexity index is 1270. The molecule has 0 saturated carbocycles. The molecule has 1 aliphatic rings. The van der Waals surface area contributed by atoms with E-state index in [0.717, 1.165) is 48.7 Å². The first kappa shape index (κ1) is 20.5. The zero-order valence-electron chi connectivity index (χ0n) is 18.7. The van der Waals surface area contributed by atoms with Crippen LogP contribution in [0, 0.1) is 6.92 Å². The molecule has 0 unspecified atom stereocenters. The van der Waals surface area contributed by atoms with Crippen LogP contribution >= 0.6 is 0 Å². The molecule has 2 N–H and O–H groups in total. The number of nitrogens with zero attached hydrogens (tertiary/aromatic N) is 4. The molecule has 0 radical (unpaired) electrons. The molecule has 6 heteroatoms. The van der Waals surface area contributed by atoms with Crippen molar-refractivity contribution < 1.29 is 4.79 Å². The minimum atomic E-state index is 0.0353. The van der Waals surface area contributed by atoms with Crippen LogP contribution in [0.4, 0.5) is 0 Å². The summed E-state index contributed by atoms with van der Waals surface area (Å²) in [6.07, 6.45) is 3.89. The number of piperidine rings is 1. The molecule has 1 aliphatic heterocycles. The Morgan fingerprint density at radius 1 is 1.12 bits per heavy atom. The SMILES string of the molecule is CCn1c(-c2ccccc2)ccc1-c1nc2cc(C(=O)N3CCC[C@@H](N)C3)ccn2c1C. The van der Waals surface area contributed by atoms with Crippen molar-refractivity contribution in [3.8, 4) is 22.6 Å². The highest BCUT2D eigenvalue weighted by Crippen LogP contribution is 2.31. The van der Waals surface area contributed by atoms with Crippen LogP contribution in [0.3, 0.4) is 0 Å². The van der Waals surface area contributed by atoms with Gasteiger partial charge in [0.2, 0.25) is 0 Å². The van der Waals surface area contributed by atoms with Crippen molar-refractivity contribution in [1.82, 2.24) is 18.9 Å². The van der Waals surface area contributed by atoms with Crippen molar-refractivity contribution in [2.45, 2.75) is 39.3 Å². The molecule has 1 saturated heterocycles. The van der Waals surface area contributed by atoms with Gasteiger partial charge in [0.1, 0.15) is 11.3 Å². The molecule has 1 atom stereocenters. The van der Waals surface area contributed by atoms with Crippen LogP contribution < -0.4 is 5.73 Å². The summed E-state index contributed by atoms with van der Waals surface area (Å²) in [4.78, 5) is 19.9. The summed E-state index contributed by atoms with van der Waals surface area (Å²) in [6, 6.07) is 18.6. The molecule has 4 heterocycles. The largest absolute Gasteiger partial charge is 0.339 e. The maximum absolute atomic E-state index is 13.0. The van der Waals surface area contributed by atoms with Crippen LogP contribution in [0.15, 0.2) is 60.8 Å². The van der Waals surface area contributed by atoms with Crippen molar-refractivity contribution in [2.24, 2.45) is 5.73 Å². The summed E-state index contributed by atoms with van der Waals surface area (Å²) >= 11 is 0. The first-order chi connectivity index (χ1) is 15.6. The highest BCUT2D eigenvalue weighted by Gasteiger charge is 2.23. The fourth-order valence-electron chi connectivity index (χ4n) is 4.80. The molecule has 1 amide bonds. The third-order valence-electron chi connectivity index (χ3n) is 6.47. The maximum Gasteiger partial charge on any atom is 0.254 e. The number of aromatic nitrogens is 3. The number of amides is 1. The summed E-state index contributed by atoms with van der Waals surface area (Å²) in [5.74, 6) is 0.0353. The van der Waals surface area contributed by atoms with Crippen molar-refractivity contribution in [2.75, 3.05) is 13.1 Å².